The Morgan fingerprint density at radius 3 is 2.48 bits per heavy atom. The summed E-state index contributed by atoms with van der Waals surface area (Å²) in [4.78, 5) is 34.2. The lowest BCUT2D eigenvalue weighted by Gasteiger charge is -2.14. The van der Waals surface area contributed by atoms with E-state index in [0.29, 0.717) is 0 Å². The summed E-state index contributed by atoms with van der Waals surface area (Å²) >= 11 is 5.90. The van der Waals surface area contributed by atoms with Crippen LogP contribution in [-0.2, 0) is 9.53 Å². The first-order valence-electron chi connectivity index (χ1n) is 7.02. The third kappa shape index (κ3) is 4.67. The topological polar surface area (TPSA) is 119 Å². The Labute approximate surface area is 147 Å². The average molecular weight is 365 g/mol. The number of esters is 1. The molecular formula is C16H13ClN2O6. The summed E-state index contributed by atoms with van der Waals surface area (Å²) in [5, 5.41) is 22.4. The van der Waals surface area contributed by atoms with Crippen LogP contribution in [0.5, 0.6) is 5.75 Å². The molecule has 130 valence electrons. The van der Waals surface area contributed by atoms with Crippen LogP contribution in [0.4, 0.5) is 11.4 Å². The van der Waals surface area contributed by atoms with Crippen LogP contribution < -0.4 is 5.32 Å². The van der Waals surface area contributed by atoms with Gasteiger partial charge in [-0.1, -0.05) is 11.6 Å². The maximum Gasteiger partial charge on any atom is 0.338 e. The fourth-order valence-electron chi connectivity index (χ4n) is 1.84. The van der Waals surface area contributed by atoms with Crippen LogP contribution in [0.2, 0.25) is 5.02 Å². The number of ether oxygens (including phenoxy) is 1. The summed E-state index contributed by atoms with van der Waals surface area (Å²) < 4.78 is 5.02. The molecule has 0 aliphatic rings. The zero-order valence-electron chi connectivity index (χ0n) is 12.9. The SMILES string of the molecule is C[C@H](OC(=O)c1ccc(O)cc1)C(=O)Nc1cc([N+](=O)[O-])ccc1Cl. The molecule has 0 aromatic heterocycles. The smallest absolute Gasteiger partial charge is 0.338 e. The lowest BCUT2D eigenvalue weighted by Crippen LogP contribution is -2.30. The van der Waals surface area contributed by atoms with Crippen LogP contribution in [0.3, 0.4) is 0 Å². The molecule has 0 spiro atoms. The normalized spacial score (nSPS) is 11.4. The van der Waals surface area contributed by atoms with Gasteiger partial charge in [0.2, 0.25) is 0 Å². The van der Waals surface area contributed by atoms with Crippen molar-refractivity contribution in [1.82, 2.24) is 0 Å². The summed E-state index contributed by atoms with van der Waals surface area (Å²) in [5.74, 6) is -1.47. The van der Waals surface area contributed by atoms with Crippen LogP contribution in [0.25, 0.3) is 0 Å². The van der Waals surface area contributed by atoms with Gasteiger partial charge in [0.25, 0.3) is 11.6 Å². The van der Waals surface area contributed by atoms with Crippen molar-refractivity contribution in [3.05, 3.63) is 63.2 Å². The number of halogens is 1. The van der Waals surface area contributed by atoms with Gasteiger partial charge in [0, 0.05) is 12.1 Å². The molecule has 2 N–H and O–H groups in total. The number of carbonyl (C=O) groups excluding carboxylic acids is 2. The van der Waals surface area contributed by atoms with Gasteiger partial charge in [-0.3, -0.25) is 14.9 Å². The molecule has 2 rings (SSSR count). The van der Waals surface area contributed by atoms with Crippen LogP contribution in [-0.4, -0.2) is 28.0 Å². The number of non-ortho nitro benzene ring substituents is 1. The third-order valence-electron chi connectivity index (χ3n) is 3.17. The zero-order chi connectivity index (χ0) is 18.6. The number of nitrogens with one attached hydrogen (secondary N) is 1. The van der Waals surface area contributed by atoms with Gasteiger partial charge in [0.05, 0.1) is 21.2 Å². The van der Waals surface area contributed by atoms with Crippen LogP contribution >= 0.6 is 11.6 Å². The molecule has 0 aliphatic heterocycles. The molecule has 8 nitrogen and oxygen atoms in total. The molecule has 0 bridgehead atoms. The second-order valence-corrected chi connectivity index (χ2v) is 5.41. The Morgan fingerprint density at radius 1 is 1.24 bits per heavy atom. The molecule has 25 heavy (non-hydrogen) atoms. The second kappa shape index (κ2) is 7.63. The molecule has 0 saturated heterocycles. The predicted octanol–water partition coefficient (Wildman–Crippen LogP) is 3.14. The van der Waals surface area contributed by atoms with Gasteiger partial charge < -0.3 is 15.2 Å². The van der Waals surface area contributed by atoms with Crippen molar-refractivity contribution in [3.8, 4) is 5.75 Å². The molecule has 0 radical (unpaired) electrons. The Kier molecular flexibility index (Phi) is 5.56. The number of phenolic OH excluding ortho intramolecular Hbond substituents is 1. The van der Waals surface area contributed by atoms with Crippen molar-refractivity contribution in [1.29, 1.82) is 0 Å². The number of phenols is 1. The summed E-state index contributed by atoms with van der Waals surface area (Å²) in [6.45, 7) is 1.35. The van der Waals surface area contributed by atoms with E-state index in [4.69, 9.17) is 16.3 Å². The average Bonchev–Trinajstić information content (AvgIpc) is 2.57. The van der Waals surface area contributed by atoms with Gasteiger partial charge in [0.1, 0.15) is 5.75 Å². The monoisotopic (exact) mass is 364 g/mol. The largest absolute Gasteiger partial charge is 0.508 e. The minimum atomic E-state index is -1.17. The third-order valence-corrected chi connectivity index (χ3v) is 3.50. The quantitative estimate of drug-likeness (QED) is 0.478. The van der Waals surface area contributed by atoms with E-state index in [2.05, 4.69) is 5.32 Å². The van der Waals surface area contributed by atoms with Gasteiger partial charge in [-0.05, 0) is 37.3 Å². The molecule has 0 saturated carbocycles. The fourth-order valence-corrected chi connectivity index (χ4v) is 2.00. The minimum Gasteiger partial charge on any atom is -0.508 e. The molecule has 2 aromatic rings. The standard InChI is InChI=1S/C16H13ClN2O6/c1-9(25-16(22)10-2-5-12(20)6-3-10)15(21)18-14-8-11(19(23)24)4-7-13(14)17/h2-9,20H,1H3,(H,18,21)/t9-/m0/s1. The Hall–Kier alpha value is -3.13. The number of hydrogen-bond donors (Lipinski definition) is 2. The molecule has 0 fully saturated rings. The molecule has 0 heterocycles. The first-order chi connectivity index (χ1) is 11.8. The van der Waals surface area contributed by atoms with Crippen molar-refractivity contribution in [2.45, 2.75) is 13.0 Å². The molecule has 1 amide bonds. The summed E-state index contributed by atoms with van der Waals surface area (Å²) in [6, 6.07) is 8.90. The van der Waals surface area contributed by atoms with Gasteiger partial charge in [-0.25, -0.2) is 4.79 Å². The van der Waals surface area contributed by atoms with Crippen LogP contribution in [0, 0.1) is 10.1 Å². The lowest BCUT2D eigenvalue weighted by molar-refractivity contribution is -0.384. The number of hydrogen-bond acceptors (Lipinski definition) is 6. The number of rotatable bonds is 5. The van der Waals surface area contributed by atoms with Crippen molar-refractivity contribution in [2.75, 3.05) is 5.32 Å². The highest BCUT2D eigenvalue weighted by Crippen LogP contribution is 2.27. The van der Waals surface area contributed by atoms with Crippen molar-refractivity contribution in [2.24, 2.45) is 0 Å². The number of nitro benzene ring substituents is 1. The number of nitro groups is 1. The molecule has 0 unspecified atom stereocenters. The summed E-state index contributed by atoms with van der Waals surface area (Å²) in [7, 11) is 0. The molecule has 2 aromatic carbocycles. The van der Waals surface area contributed by atoms with E-state index >= 15 is 0 Å². The zero-order valence-corrected chi connectivity index (χ0v) is 13.7. The Morgan fingerprint density at radius 2 is 1.88 bits per heavy atom. The molecule has 1 atom stereocenters. The van der Waals surface area contributed by atoms with Crippen molar-refractivity contribution >= 4 is 34.9 Å². The van der Waals surface area contributed by atoms with E-state index in [1.807, 2.05) is 0 Å². The van der Waals surface area contributed by atoms with E-state index in [1.165, 1.54) is 43.3 Å². The van der Waals surface area contributed by atoms with E-state index in [0.717, 1.165) is 6.07 Å². The number of nitrogens with zero attached hydrogens (tertiary/aromatic N) is 1. The first-order valence-corrected chi connectivity index (χ1v) is 7.40. The number of aromatic hydroxyl groups is 1. The van der Waals surface area contributed by atoms with E-state index in [-0.39, 0.29) is 27.7 Å². The fraction of sp³-hybridized carbons (Fsp3) is 0.125. The maximum absolute atomic E-state index is 12.1. The second-order valence-electron chi connectivity index (χ2n) is 5.00. The first kappa shape index (κ1) is 18.2. The lowest BCUT2D eigenvalue weighted by atomic mass is 10.2. The Bertz CT molecular complexity index is 822. The van der Waals surface area contributed by atoms with Crippen molar-refractivity contribution in [3.63, 3.8) is 0 Å². The number of benzene rings is 2. The van der Waals surface area contributed by atoms with Gasteiger partial charge >= 0.3 is 5.97 Å². The minimum absolute atomic E-state index is 0.0114. The van der Waals surface area contributed by atoms with E-state index in [1.54, 1.807) is 0 Å². The van der Waals surface area contributed by atoms with Gasteiger partial charge in [-0.2, -0.15) is 0 Å². The van der Waals surface area contributed by atoms with Crippen molar-refractivity contribution < 1.29 is 24.4 Å². The summed E-state index contributed by atoms with van der Waals surface area (Å²) in [5.41, 5.74) is -0.0485. The van der Waals surface area contributed by atoms with Crippen LogP contribution in [0.15, 0.2) is 42.5 Å². The van der Waals surface area contributed by atoms with Crippen LogP contribution in [0.1, 0.15) is 17.3 Å². The van der Waals surface area contributed by atoms with Gasteiger partial charge in [0.15, 0.2) is 6.10 Å². The number of anilines is 1. The highest BCUT2D eigenvalue weighted by molar-refractivity contribution is 6.33. The van der Waals surface area contributed by atoms with Gasteiger partial charge in [-0.15, -0.1) is 0 Å². The molecular weight excluding hydrogens is 352 g/mol. The van der Waals surface area contributed by atoms with E-state index in [9.17, 15) is 24.8 Å². The molecule has 0 aliphatic carbocycles. The maximum atomic E-state index is 12.1. The predicted molar refractivity (Wildman–Crippen MR) is 89.7 cm³/mol. The number of carbonyl (C=O) groups is 2. The highest BCUT2D eigenvalue weighted by Gasteiger charge is 2.21. The molecule has 9 heteroatoms. The highest BCUT2D eigenvalue weighted by atomic mass is 35.5. The summed E-state index contributed by atoms with van der Waals surface area (Å²) in [6.07, 6.45) is -1.17. The van der Waals surface area contributed by atoms with E-state index < -0.39 is 22.9 Å². The number of amides is 1. The Balaban J connectivity index is 2.05.